The van der Waals surface area contributed by atoms with Gasteiger partial charge >= 0.3 is 0 Å². The highest BCUT2D eigenvalue weighted by Gasteiger charge is 2.35. The lowest BCUT2D eigenvalue weighted by Gasteiger charge is -2.11. The molecule has 17 heavy (non-hydrogen) atoms. The number of carbonyl (C=O) groups is 1. The van der Waals surface area contributed by atoms with Crippen molar-refractivity contribution in [1.29, 1.82) is 0 Å². The third kappa shape index (κ3) is 2.17. The van der Waals surface area contributed by atoms with Gasteiger partial charge in [-0.2, -0.15) is 0 Å². The zero-order valence-electron chi connectivity index (χ0n) is 9.35. The van der Waals surface area contributed by atoms with E-state index in [4.69, 9.17) is 5.73 Å². The number of nitrogens with zero attached hydrogens (tertiary/aromatic N) is 1. The Bertz CT molecular complexity index is 492. The van der Waals surface area contributed by atoms with Crippen molar-refractivity contribution < 1.29 is 13.4 Å². The lowest BCUT2D eigenvalue weighted by atomic mass is 10.3. The Morgan fingerprint density at radius 1 is 1.53 bits per heavy atom. The summed E-state index contributed by atoms with van der Waals surface area (Å²) in [7, 11) is 0.0736. The number of anilines is 1. The summed E-state index contributed by atoms with van der Waals surface area (Å²) in [5.41, 5.74) is 5.91. The molecular formula is C11H13FN2O2S. The first-order valence-corrected chi connectivity index (χ1v) is 6.42. The molecule has 92 valence electrons. The van der Waals surface area contributed by atoms with Crippen LogP contribution in [0, 0.1) is 5.82 Å². The number of likely N-dealkylation sites (tertiary alicyclic amines) is 1. The first kappa shape index (κ1) is 12.0. The van der Waals surface area contributed by atoms with Crippen molar-refractivity contribution in [2.24, 2.45) is 0 Å². The van der Waals surface area contributed by atoms with E-state index in [9.17, 15) is 13.4 Å². The molecule has 0 bridgehead atoms. The largest absolute Gasteiger partial charge is 0.398 e. The maximum Gasteiger partial charge on any atom is 0.238 e. The van der Waals surface area contributed by atoms with Gasteiger partial charge in [0.05, 0.1) is 15.7 Å². The fraction of sp³-hybridized carbons (Fsp3) is 0.364. The van der Waals surface area contributed by atoms with Crippen LogP contribution in [0.5, 0.6) is 0 Å². The molecule has 0 aliphatic carbocycles. The van der Waals surface area contributed by atoms with Crippen molar-refractivity contribution in [3.05, 3.63) is 24.0 Å². The van der Waals surface area contributed by atoms with Crippen LogP contribution in [0.25, 0.3) is 0 Å². The molecule has 4 nitrogen and oxygen atoms in total. The van der Waals surface area contributed by atoms with Crippen LogP contribution in [-0.4, -0.2) is 33.9 Å². The van der Waals surface area contributed by atoms with E-state index < -0.39 is 21.9 Å². The summed E-state index contributed by atoms with van der Waals surface area (Å²) in [6.07, 6.45) is 0.512. The predicted molar refractivity (Wildman–Crippen MR) is 63.3 cm³/mol. The van der Waals surface area contributed by atoms with Crippen LogP contribution in [0.2, 0.25) is 0 Å². The summed E-state index contributed by atoms with van der Waals surface area (Å²) in [4.78, 5) is 13.4. The Morgan fingerprint density at radius 2 is 2.24 bits per heavy atom. The molecule has 1 heterocycles. The zero-order valence-corrected chi connectivity index (χ0v) is 10.2. The van der Waals surface area contributed by atoms with Crippen LogP contribution in [0.4, 0.5) is 10.1 Å². The molecule has 2 unspecified atom stereocenters. The minimum absolute atomic E-state index is 0.174. The molecule has 1 amide bonds. The van der Waals surface area contributed by atoms with Crippen LogP contribution < -0.4 is 5.73 Å². The first-order valence-electron chi connectivity index (χ1n) is 5.21. The molecule has 2 rings (SSSR count). The molecule has 1 aliphatic rings. The van der Waals surface area contributed by atoms with Crippen molar-refractivity contribution in [1.82, 2.24) is 4.90 Å². The highest BCUT2D eigenvalue weighted by molar-refractivity contribution is 7.86. The molecule has 1 saturated heterocycles. The molecule has 0 saturated carbocycles. The first-order chi connectivity index (χ1) is 8.00. The number of benzene rings is 1. The zero-order chi connectivity index (χ0) is 12.6. The summed E-state index contributed by atoms with van der Waals surface area (Å²) in [6, 6.07) is 3.71. The molecule has 2 atom stereocenters. The van der Waals surface area contributed by atoms with Gasteiger partial charge in [0, 0.05) is 19.3 Å². The second-order valence-corrected chi connectivity index (χ2v) is 5.62. The lowest BCUT2D eigenvalue weighted by molar-refractivity contribution is -0.126. The van der Waals surface area contributed by atoms with Gasteiger partial charge in [0.25, 0.3) is 0 Å². The summed E-state index contributed by atoms with van der Waals surface area (Å²) in [6.45, 7) is 0.574. The normalized spacial score (nSPS) is 21.9. The van der Waals surface area contributed by atoms with Crippen LogP contribution in [0.3, 0.4) is 0 Å². The van der Waals surface area contributed by atoms with Gasteiger partial charge < -0.3 is 10.6 Å². The maximum absolute atomic E-state index is 13.1. The second kappa shape index (κ2) is 4.44. The van der Waals surface area contributed by atoms with E-state index in [0.717, 1.165) is 6.07 Å². The fourth-order valence-corrected chi connectivity index (χ4v) is 3.34. The SMILES string of the molecule is CN1CCC(S(=O)c2cc(F)ccc2N)C1=O. The molecule has 1 aliphatic heterocycles. The number of halogens is 1. The van der Waals surface area contributed by atoms with Crippen molar-refractivity contribution >= 4 is 22.4 Å². The number of rotatable bonds is 2. The van der Waals surface area contributed by atoms with E-state index in [1.54, 1.807) is 7.05 Å². The number of nitrogen functional groups attached to an aromatic ring is 1. The molecule has 0 spiro atoms. The Balaban J connectivity index is 2.31. The number of amides is 1. The quantitative estimate of drug-likeness (QED) is 0.794. The highest BCUT2D eigenvalue weighted by Crippen LogP contribution is 2.25. The smallest absolute Gasteiger partial charge is 0.238 e. The third-order valence-corrected chi connectivity index (χ3v) is 4.57. The van der Waals surface area contributed by atoms with Gasteiger partial charge in [0.15, 0.2) is 0 Å². The topological polar surface area (TPSA) is 63.4 Å². The fourth-order valence-electron chi connectivity index (χ4n) is 1.82. The molecule has 1 aromatic rings. The van der Waals surface area contributed by atoms with Crippen molar-refractivity contribution in [3.8, 4) is 0 Å². The Hall–Kier alpha value is -1.43. The predicted octanol–water partition coefficient (Wildman–Crippen LogP) is 0.746. The molecule has 1 aromatic carbocycles. The van der Waals surface area contributed by atoms with Gasteiger partial charge in [-0.3, -0.25) is 9.00 Å². The maximum atomic E-state index is 13.1. The molecule has 1 fully saturated rings. The third-order valence-electron chi connectivity index (χ3n) is 2.83. The second-order valence-electron chi connectivity index (χ2n) is 4.02. The van der Waals surface area contributed by atoms with E-state index in [0.29, 0.717) is 13.0 Å². The van der Waals surface area contributed by atoms with E-state index in [1.165, 1.54) is 17.0 Å². The van der Waals surface area contributed by atoms with E-state index >= 15 is 0 Å². The highest BCUT2D eigenvalue weighted by atomic mass is 32.2. The minimum Gasteiger partial charge on any atom is -0.398 e. The Labute approximate surface area is 101 Å². The molecule has 0 radical (unpaired) electrons. The van der Waals surface area contributed by atoms with Crippen LogP contribution >= 0.6 is 0 Å². The molecule has 6 heteroatoms. The van der Waals surface area contributed by atoms with E-state index in [1.807, 2.05) is 0 Å². The van der Waals surface area contributed by atoms with Crippen molar-refractivity contribution in [3.63, 3.8) is 0 Å². The molecular weight excluding hydrogens is 243 g/mol. The number of hydrogen-bond acceptors (Lipinski definition) is 3. The number of hydrogen-bond donors (Lipinski definition) is 1. The van der Waals surface area contributed by atoms with E-state index in [2.05, 4.69) is 0 Å². The summed E-state index contributed by atoms with van der Waals surface area (Å²) in [5.74, 6) is -0.673. The van der Waals surface area contributed by atoms with Crippen LogP contribution in [0.15, 0.2) is 23.1 Å². The van der Waals surface area contributed by atoms with Gasteiger partial charge in [-0.1, -0.05) is 0 Å². The average molecular weight is 256 g/mol. The number of carbonyl (C=O) groups excluding carboxylic acids is 1. The van der Waals surface area contributed by atoms with Crippen LogP contribution in [0.1, 0.15) is 6.42 Å². The molecule has 0 aromatic heterocycles. The minimum atomic E-state index is -1.59. The lowest BCUT2D eigenvalue weighted by Crippen LogP contribution is -2.28. The standard InChI is InChI=1S/C11H13FN2O2S/c1-14-5-4-9(11(14)15)17(16)10-6-7(12)2-3-8(10)13/h2-3,6,9H,4-5,13H2,1H3. The average Bonchev–Trinajstić information content (AvgIpc) is 2.62. The van der Waals surface area contributed by atoms with Crippen molar-refractivity contribution in [2.45, 2.75) is 16.6 Å². The van der Waals surface area contributed by atoms with Gasteiger partial charge in [0.1, 0.15) is 11.1 Å². The van der Waals surface area contributed by atoms with E-state index in [-0.39, 0.29) is 16.5 Å². The Kier molecular flexibility index (Phi) is 3.15. The Morgan fingerprint density at radius 3 is 2.82 bits per heavy atom. The van der Waals surface area contributed by atoms with Gasteiger partial charge in [-0.15, -0.1) is 0 Å². The summed E-state index contributed by atoms with van der Waals surface area (Å²) < 4.78 is 25.3. The molecule has 2 N–H and O–H groups in total. The van der Waals surface area contributed by atoms with Gasteiger partial charge in [0.2, 0.25) is 5.91 Å². The van der Waals surface area contributed by atoms with Gasteiger partial charge in [-0.05, 0) is 24.6 Å². The van der Waals surface area contributed by atoms with Crippen LogP contribution in [-0.2, 0) is 15.6 Å². The summed E-state index contributed by atoms with van der Waals surface area (Å²) >= 11 is 0. The summed E-state index contributed by atoms with van der Waals surface area (Å²) in [5, 5.41) is -0.607. The monoisotopic (exact) mass is 256 g/mol. The number of nitrogens with two attached hydrogens (primary N) is 1. The van der Waals surface area contributed by atoms with Crippen molar-refractivity contribution in [2.75, 3.05) is 19.3 Å². The van der Waals surface area contributed by atoms with Gasteiger partial charge in [-0.25, -0.2) is 4.39 Å².